The fourth-order valence-corrected chi connectivity index (χ4v) is 2.77. The first kappa shape index (κ1) is 15.2. The first-order chi connectivity index (χ1) is 8.85. The van der Waals surface area contributed by atoms with Crippen molar-refractivity contribution in [2.24, 2.45) is 11.3 Å². The molecule has 1 saturated carbocycles. The highest BCUT2D eigenvalue weighted by Gasteiger charge is 2.55. The topological polar surface area (TPSA) is 0 Å². The quantitative estimate of drug-likeness (QED) is 0.602. The second kappa shape index (κ2) is 4.15. The molecule has 1 fully saturated rings. The molecule has 6 heteroatoms. The maximum atomic E-state index is 12.7. The monoisotopic (exact) mass is 296 g/mol. The van der Waals surface area contributed by atoms with Crippen LogP contribution in [0.1, 0.15) is 43.4 Å². The molecular weight excluding hydrogens is 282 g/mol. The second-order valence-corrected chi connectivity index (χ2v) is 5.93. The molecule has 112 valence electrons. The van der Waals surface area contributed by atoms with Gasteiger partial charge in [0.15, 0.2) is 0 Å². The Morgan fingerprint density at radius 3 is 1.45 bits per heavy atom. The van der Waals surface area contributed by atoms with Crippen LogP contribution < -0.4 is 0 Å². The highest BCUT2D eigenvalue weighted by Crippen LogP contribution is 2.64. The van der Waals surface area contributed by atoms with E-state index in [9.17, 15) is 26.3 Å². The molecule has 2 unspecified atom stereocenters. The van der Waals surface area contributed by atoms with Crippen LogP contribution >= 0.6 is 0 Å². The number of alkyl halides is 6. The van der Waals surface area contributed by atoms with Gasteiger partial charge in [0, 0.05) is 0 Å². The van der Waals surface area contributed by atoms with E-state index in [0.717, 1.165) is 12.1 Å². The third kappa shape index (κ3) is 2.52. The predicted octanol–water partition coefficient (Wildman–Crippen LogP) is 5.48. The van der Waals surface area contributed by atoms with Crippen molar-refractivity contribution in [3.05, 3.63) is 34.9 Å². The zero-order valence-corrected chi connectivity index (χ0v) is 11.2. The maximum Gasteiger partial charge on any atom is 0.416 e. The largest absolute Gasteiger partial charge is 0.416 e. The van der Waals surface area contributed by atoms with Gasteiger partial charge in [-0.1, -0.05) is 20.8 Å². The van der Waals surface area contributed by atoms with Crippen molar-refractivity contribution in [2.45, 2.75) is 39.0 Å². The van der Waals surface area contributed by atoms with Crippen LogP contribution in [-0.2, 0) is 12.4 Å². The lowest BCUT2D eigenvalue weighted by Crippen LogP contribution is -2.12. The van der Waals surface area contributed by atoms with Crippen molar-refractivity contribution >= 4 is 0 Å². The molecule has 0 aromatic heterocycles. The van der Waals surface area contributed by atoms with Crippen molar-refractivity contribution in [1.29, 1.82) is 0 Å². The van der Waals surface area contributed by atoms with Crippen molar-refractivity contribution in [2.75, 3.05) is 0 Å². The number of rotatable bonds is 1. The van der Waals surface area contributed by atoms with Gasteiger partial charge < -0.3 is 0 Å². The molecule has 0 spiro atoms. The van der Waals surface area contributed by atoms with E-state index in [4.69, 9.17) is 0 Å². The minimum absolute atomic E-state index is 0.0621. The Morgan fingerprint density at radius 2 is 1.20 bits per heavy atom. The lowest BCUT2D eigenvalue weighted by Gasteiger charge is -2.15. The predicted molar refractivity (Wildman–Crippen MR) is 62.1 cm³/mol. The van der Waals surface area contributed by atoms with Crippen LogP contribution in [0.15, 0.2) is 18.2 Å². The third-order valence-corrected chi connectivity index (χ3v) is 4.34. The number of hydrogen-bond donors (Lipinski definition) is 0. The van der Waals surface area contributed by atoms with Gasteiger partial charge in [-0.05, 0) is 41.0 Å². The number of hydrogen-bond acceptors (Lipinski definition) is 0. The zero-order chi connectivity index (χ0) is 15.5. The van der Waals surface area contributed by atoms with Crippen molar-refractivity contribution in [3.63, 3.8) is 0 Å². The summed E-state index contributed by atoms with van der Waals surface area (Å²) in [6, 6.07) is 1.85. The summed E-state index contributed by atoms with van der Waals surface area (Å²) in [4.78, 5) is 0. The summed E-state index contributed by atoms with van der Waals surface area (Å²) in [5.41, 5.74) is -2.63. The van der Waals surface area contributed by atoms with E-state index in [2.05, 4.69) is 0 Å². The standard InChI is InChI=1S/C14H14F6/c1-7-11(12(7,2)3)8-4-9(13(15,16)17)6-10(5-8)14(18,19)20/h4-7,11H,1-3H3. The van der Waals surface area contributed by atoms with Crippen molar-refractivity contribution in [1.82, 2.24) is 0 Å². The van der Waals surface area contributed by atoms with Crippen LogP contribution in [-0.4, -0.2) is 0 Å². The smallest absolute Gasteiger partial charge is 0.166 e. The molecule has 1 aromatic rings. The molecule has 20 heavy (non-hydrogen) atoms. The van der Waals surface area contributed by atoms with E-state index in [0.29, 0.717) is 0 Å². The Kier molecular flexibility index (Phi) is 3.15. The lowest BCUT2D eigenvalue weighted by molar-refractivity contribution is -0.143. The fourth-order valence-electron chi connectivity index (χ4n) is 2.77. The van der Waals surface area contributed by atoms with Crippen molar-refractivity contribution < 1.29 is 26.3 Å². The van der Waals surface area contributed by atoms with Crippen LogP contribution in [0.5, 0.6) is 0 Å². The van der Waals surface area contributed by atoms with Crippen LogP contribution in [0.25, 0.3) is 0 Å². The lowest BCUT2D eigenvalue weighted by atomic mass is 9.98. The summed E-state index contributed by atoms with van der Waals surface area (Å²) in [7, 11) is 0. The van der Waals surface area contributed by atoms with Gasteiger partial charge in [-0.3, -0.25) is 0 Å². The van der Waals surface area contributed by atoms with Gasteiger partial charge in [0.2, 0.25) is 0 Å². The average molecular weight is 296 g/mol. The van der Waals surface area contributed by atoms with E-state index >= 15 is 0 Å². The maximum absolute atomic E-state index is 12.7. The van der Waals surface area contributed by atoms with Gasteiger partial charge >= 0.3 is 12.4 Å². The SMILES string of the molecule is CC1C(c2cc(C(F)(F)F)cc(C(F)(F)F)c2)C1(C)C. The first-order valence-corrected chi connectivity index (χ1v) is 6.14. The molecule has 1 aliphatic carbocycles. The molecule has 0 radical (unpaired) electrons. The molecule has 2 rings (SSSR count). The third-order valence-electron chi connectivity index (χ3n) is 4.34. The van der Waals surface area contributed by atoms with Crippen LogP contribution in [0.4, 0.5) is 26.3 Å². The second-order valence-electron chi connectivity index (χ2n) is 5.93. The summed E-state index contributed by atoms with van der Waals surface area (Å²) in [5.74, 6) is -0.210. The minimum Gasteiger partial charge on any atom is -0.166 e. The van der Waals surface area contributed by atoms with Crippen LogP contribution in [0.3, 0.4) is 0 Å². The van der Waals surface area contributed by atoms with Gasteiger partial charge in [0.25, 0.3) is 0 Å². The van der Waals surface area contributed by atoms with E-state index in [1.807, 2.05) is 20.8 Å². The summed E-state index contributed by atoms with van der Waals surface area (Å²) < 4.78 is 76.5. The minimum atomic E-state index is -4.78. The molecule has 0 saturated heterocycles. The van der Waals surface area contributed by atoms with Gasteiger partial charge in [-0.25, -0.2) is 0 Å². The van der Waals surface area contributed by atoms with E-state index in [1.54, 1.807) is 0 Å². The Balaban J connectivity index is 2.54. The van der Waals surface area contributed by atoms with Crippen molar-refractivity contribution in [3.8, 4) is 0 Å². The summed E-state index contributed by atoms with van der Waals surface area (Å²) in [6.45, 7) is 5.52. The van der Waals surface area contributed by atoms with Gasteiger partial charge in [-0.2, -0.15) is 26.3 Å². The Hall–Kier alpha value is -1.20. The average Bonchev–Trinajstić information content (AvgIpc) is 2.75. The molecule has 2 atom stereocenters. The molecule has 0 heterocycles. The van der Waals surface area contributed by atoms with E-state index in [1.165, 1.54) is 0 Å². The summed E-state index contributed by atoms with van der Waals surface area (Å²) in [5, 5.41) is 0. The Labute approximate surface area is 112 Å². The highest BCUT2D eigenvalue weighted by molar-refractivity contribution is 5.40. The van der Waals surface area contributed by atoms with Crippen LogP contribution in [0.2, 0.25) is 0 Å². The Bertz CT molecular complexity index is 491. The molecular formula is C14H14F6. The Morgan fingerprint density at radius 1 is 0.850 bits per heavy atom. The van der Waals surface area contributed by atoms with E-state index < -0.39 is 23.5 Å². The normalized spacial score (nSPS) is 25.6. The number of benzene rings is 1. The van der Waals surface area contributed by atoms with E-state index in [-0.39, 0.29) is 28.9 Å². The molecule has 0 nitrogen and oxygen atoms in total. The molecule has 0 amide bonds. The zero-order valence-electron chi connectivity index (χ0n) is 11.2. The molecule has 1 aromatic carbocycles. The molecule has 1 aliphatic rings. The molecule has 0 bridgehead atoms. The number of halogens is 6. The highest BCUT2D eigenvalue weighted by atomic mass is 19.4. The van der Waals surface area contributed by atoms with Crippen LogP contribution in [0, 0.1) is 11.3 Å². The molecule has 0 N–H and O–H groups in total. The summed E-state index contributed by atoms with van der Waals surface area (Å²) >= 11 is 0. The summed E-state index contributed by atoms with van der Waals surface area (Å²) in [6.07, 6.45) is -9.56. The fraction of sp³-hybridized carbons (Fsp3) is 0.571. The van der Waals surface area contributed by atoms with Gasteiger partial charge in [-0.15, -0.1) is 0 Å². The van der Waals surface area contributed by atoms with Gasteiger partial charge in [0.05, 0.1) is 11.1 Å². The van der Waals surface area contributed by atoms with Gasteiger partial charge in [0.1, 0.15) is 0 Å². The molecule has 0 aliphatic heterocycles. The first-order valence-electron chi connectivity index (χ1n) is 6.14.